The van der Waals surface area contributed by atoms with E-state index < -0.39 is 11.6 Å². The van der Waals surface area contributed by atoms with Gasteiger partial charge in [-0.2, -0.15) is 0 Å². The molecule has 1 aliphatic heterocycles. The van der Waals surface area contributed by atoms with Crippen LogP contribution in [-0.4, -0.2) is 34.8 Å². The lowest BCUT2D eigenvalue weighted by molar-refractivity contribution is -0.134. The SMILES string of the molecule is CCCC1(CCC)NC(=O)N(CC(=O)Nc2c(C)cccc2C(C)C)C1=O. The molecule has 0 bridgehead atoms. The second kappa shape index (κ2) is 8.55. The van der Waals surface area contributed by atoms with Gasteiger partial charge in [0.05, 0.1) is 0 Å². The summed E-state index contributed by atoms with van der Waals surface area (Å²) >= 11 is 0. The van der Waals surface area contributed by atoms with Gasteiger partial charge in [0, 0.05) is 5.69 Å². The molecule has 0 aromatic heterocycles. The van der Waals surface area contributed by atoms with Crippen LogP contribution in [0.1, 0.15) is 70.4 Å². The van der Waals surface area contributed by atoms with Crippen LogP contribution in [0.15, 0.2) is 18.2 Å². The maximum Gasteiger partial charge on any atom is 0.325 e. The van der Waals surface area contributed by atoms with Gasteiger partial charge in [-0.05, 0) is 36.8 Å². The van der Waals surface area contributed by atoms with E-state index >= 15 is 0 Å². The fraction of sp³-hybridized carbons (Fsp3) is 0.571. The van der Waals surface area contributed by atoms with E-state index in [2.05, 4.69) is 24.5 Å². The Balaban J connectivity index is 2.17. The maximum atomic E-state index is 12.9. The molecule has 6 nitrogen and oxygen atoms in total. The largest absolute Gasteiger partial charge is 0.325 e. The number of hydrogen-bond donors (Lipinski definition) is 2. The molecule has 1 fully saturated rings. The quantitative estimate of drug-likeness (QED) is 0.677. The zero-order valence-electron chi connectivity index (χ0n) is 17.0. The van der Waals surface area contributed by atoms with Crippen molar-refractivity contribution in [1.29, 1.82) is 0 Å². The van der Waals surface area contributed by atoms with Gasteiger partial charge in [-0.15, -0.1) is 0 Å². The smallest absolute Gasteiger partial charge is 0.324 e. The fourth-order valence-corrected chi connectivity index (χ4v) is 3.80. The highest BCUT2D eigenvalue weighted by Crippen LogP contribution is 2.29. The molecule has 148 valence electrons. The summed E-state index contributed by atoms with van der Waals surface area (Å²) in [6, 6.07) is 5.39. The Kier molecular flexibility index (Phi) is 6.63. The van der Waals surface area contributed by atoms with Crippen molar-refractivity contribution in [3.63, 3.8) is 0 Å². The van der Waals surface area contributed by atoms with Gasteiger partial charge < -0.3 is 10.6 Å². The van der Waals surface area contributed by atoms with E-state index in [-0.39, 0.29) is 24.3 Å². The predicted octanol–water partition coefficient (Wildman–Crippen LogP) is 3.95. The molecular weight excluding hydrogens is 342 g/mol. The molecule has 6 heteroatoms. The minimum Gasteiger partial charge on any atom is -0.324 e. The molecule has 1 heterocycles. The molecule has 0 spiro atoms. The van der Waals surface area contributed by atoms with Gasteiger partial charge in [0.15, 0.2) is 0 Å². The van der Waals surface area contributed by atoms with E-state index in [0.717, 1.165) is 34.6 Å². The van der Waals surface area contributed by atoms with Crippen LogP contribution in [0.4, 0.5) is 10.5 Å². The Morgan fingerprint density at radius 3 is 2.37 bits per heavy atom. The standard InChI is InChI=1S/C21H31N3O3/c1-6-11-21(12-7-2)19(26)24(20(27)23-21)13-17(25)22-18-15(5)9-8-10-16(18)14(3)4/h8-10,14H,6-7,11-13H2,1-5H3,(H,22,25)(H,23,27). The summed E-state index contributed by atoms with van der Waals surface area (Å²) in [4.78, 5) is 39.0. The highest BCUT2D eigenvalue weighted by molar-refractivity contribution is 6.10. The van der Waals surface area contributed by atoms with Crippen LogP contribution in [0.25, 0.3) is 0 Å². The third kappa shape index (κ3) is 4.31. The Bertz CT molecular complexity index is 721. The highest BCUT2D eigenvalue weighted by atomic mass is 16.2. The molecule has 0 saturated carbocycles. The molecular formula is C21H31N3O3. The first-order chi connectivity index (χ1) is 12.8. The Hall–Kier alpha value is -2.37. The number of rotatable bonds is 8. The van der Waals surface area contributed by atoms with Gasteiger partial charge in [0.1, 0.15) is 12.1 Å². The van der Waals surface area contributed by atoms with Crippen LogP contribution in [0.2, 0.25) is 0 Å². The van der Waals surface area contributed by atoms with Crippen molar-refractivity contribution in [2.24, 2.45) is 0 Å². The van der Waals surface area contributed by atoms with E-state index in [1.54, 1.807) is 0 Å². The second-order valence-electron chi connectivity index (χ2n) is 7.65. The summed E-state index contributed by atoms with van der Waals surface area (Å²) in [7, 11) is 0. The third-order valence-electron chi connectivity index (χ3n) is 5.09. The summed E-state index contributed by atoms with van der Waals surface area (Å²) < 4.78 is 0. The van der Waals surface area contributed by atoms with Crippen molar-refractivity contribution in [3.8, 4) is 0 Å². The van der Waals surface area contributed by atoms with Crippen molar-refractivity contribution in [1.82, 2.24) is 10.2 Å². The van der Waals surface area contributed by atoms with E-state index in [1.807, 2.05) is 39.0 Å². The molecule has 4 amide bonds. The average molecular weight is 373 g/mol. The number of aryl methyl sites for hydroxylation is 1. The number of urea groups is 1. The molecule has 27 heavy (non-hydrogen) atoms. The van der Waals surface area contributed by atoms with E-state index in [0.29, 0.717) is 12.8 Å². The van der Waals surface area contributed by atoms with Crippen LogP contribution < -0.4 is 10.6 Å². The first-order valence-corrected chi connectivity index (χ1v) is 9.79. The van der Waals surface area contributed by atoms with Crippen molar-refractivity contribution in [3.05, 3.63) is 29.3 Å². The van der Waals surface area contributed by atoms with Gasteiger partial charge in [0.25, 0.3) is 5.91 Å². The second-order valence-corrected chi connectivity index (χ2v) is 7.65. The van der Waals surface area contributed by atoms with Gasteiger partial charge in [0.2, 0.25) is 5.91 Å². The van der Waals surface area contributed by atoms with Gasteiger partial charge in [-0.3, -0.25) is 14.5 Å². The van der Waals surface area contributed by atoms with Crippen LogP contribution in [0, 0.1) is 6.92 Å². The highest BCUT2D eigenvalue weighted by Gasteiger charge is 2.50. The Morgan fingerprint density at radius 1 is 1.19 bits per heavy atom. The number of nitrogens with one attached hydrogen (secondary N) is 2. The molecule has 1 aromatic carbocycles. The molecule has 2 N–H and O–H groups in total. The fourth-order valence-electron chi connectivity index (χ4n) is 3.80. The average Bonchev–Trinajstić information content (AvgIpc) is 2.81. The molecule has 0 unspecified atom stereocenters. The van der Waals surface area contributed by atoms with E-state index in [4.69, 9.17) is 0 Å². The number of carbonyl (C=O) groups excluding carboxylic acids is 3. The van der Waals surface area contributed by atoms with Gasteiger partial charge in [-0.1, -0.05) is 58.7 Å². The molecule has 1 saturated heterocycles. The number of imide groups is 1. The summed E-state index contributed by atoms with van der Waals surface area (Å²) in [5.41, 5.74) is 1.88. The first-order valence-electron chi connectivity index (χ1n) is 9.79. The Morgan fingerprint density at radius 2 is 1.81 bits per heavy atom. The lowest BCUT2D eigenvalue weighted by atomic mass is 9.88. The molecule has 2 rings (SSSR count). The summed E-state index contributed by atoms with van der Waals surface area (Å²) in [5, 5.41) is 5.74. The monoisotopic (exact) mass is 373 g/mol. The third-order valence-corrected chi connectivity index (χ3v) is 5.09. The number of nitrogens with zero attached hydrogens (tertiary/aromatic N) is 1. The minimum atomic E-state index is -0.868. The van der Waals surface area contributed by atoms with Crippen LogP contribution >= 0.6 is 0 Å². The Labute approximate surface area is 161 Å². The lowest BCUT2D eigenvalue weighted by Gasteiger charge is -2.25. The number of anilines is 1. The van der Waals surface area contributed by atoms with Crippen LogP contribution in [0.5, 0.6) is 0 Å². The molecule has 1 aliphatic rings. The summed E-state index contributed by atoms with van der Waals surface area (Å²) in [5.74, 6) is -0.405. The number of carbonyl (C=O) groups is 3. The zero-order valence-corrected chi connectivity index (χ0v) is 17.0. The minimum absolute atomic E-state index is 0.249. The van der Waals surface area contributed by atoms with Crippen LogP contribution in [-0.2, 0) is 9.59 Å². The van der Waals surface area contributed by atoms with Crippen LogP contribution in [0.3, 0.4) is 0 Å². The maximum absolute atomic E-state index is 12.9. The predicted molar refractivity (Wildman–Crippen MR) is 107 cm³/mol. The molecule has 0 radical (unpaired) electrons. The number of para-hydroxylation sites is 1. The molecule has 1 aromatic rings. The zero-order chi connectivity index (χ0) is 20.2. The molecule has 0 atom stereocenters. The topological polar surface area (TPSA) is 78.5 Å². The van der Waals surface area contributed by atoms with Crippen molar-refractivity contribution < 1.29 is 14.4 Å². The van der Waals surface area contributed by atoms with Crippen molar-refractivity contribution >= 4 is 23.5 Å². The first kappa shape index (κ1) is 20.9. The lowest BCUT2D eigenvalue weighted by Crippen LogP contribution is -2.47. The van der Waals surface area contributed by atoms with Gasteiger partial charge in [-0.25, -0.2) is 4.79 Å². The van der Waals surface area contributed by atoms with Crippen molar-refractivity contribution in [2.75, 3.05) is 11.9 Å². The van der Waals surface area contributed by atoms with E-state index in [1.165, 1.54) is 0 Å². The summed E-state index contributed by atoms with van der Waals surface area (Å²) in [6.07, 6.45) is 2.73. The van der Waals surface area contributed by atoms with Crippen molar-refractivity contribution in [2.45, 2.75) is 71.8 Å². The van der Waals surface area contributed by atoms with Gasteiger partial charge >= 0.3 is 6.03 Å². The number of benzene rings is 1. The molecule has 0 aliphatic carbocycles. The number of hydrogen-bond acceptors (Lipinski definition) is 3. The van der Waals surface area contributed by atoms with E-state index in [9.17, 15) is 14.4 Å². The normalized spacial score (nSPS) is 16.0. The summed E-state index contributed by atoms with van der Waals surface area (Å²) in [6.45, 7) is 9.75. The number of amides is 4.